The van der Waals surface area contributed by atoms with Crippen LogP contribution in [0.15, 0.2) is 84.6 Å². The molecule has 1 aliphatic heterocycles. The molecule has 1 fully saturated rings. The number of carbonyl (C=O) groups excluding carboxylic acids is 3. The average Bonchev–Trinajstić information content (AvgIpc) is 3.17. The number of hydrogen-bond donors (Lipinski definition) is 1. The minimum Gasteiger partial charge on any atom is -0.342 e. The Balaban J connectivity index is 1.57. The summed E-state index contributed by atoms with van der Waals surface area (Å²) in [6.45, 7) is 4.52. The zero-order chi connectivity index (χ0) is 23.8. The van der Waals surface area contributed by atoms with Crippen molar-refractivity contribution in [3.05, 3.63) is 107 Å². The molecular weight excluding hydrogens is 426 g/mol. The third-order valence-electron chi connectivity index (χ3n) is 6.17. The van der Waals surface area contributed by atoms with Gasteiger partial charge in [-0.2, -0.15) is 0 Å². The third kappa shape index (κ3) is 3.79. The number of anilines is 1. The summed E-state index contributed by atoms with van der Waals surface area (Å²) in [7, 11) is 0. The summed E-state index contributed by atoms with van der Waals surface area (Å²) in [5.41, 5.74) is 5.20. The van der Waals surface area contributed by atoms with Crippen LogP contribution < -0.4 is 10.2 Å². The molecule has 3 aromatic carbocycles. The highest BCUT2D eigenvalue weighted by Gasteiger charge is 2.37. The fourth-order valence-corrected chi connectivity index (χ4v) is 4.21. The molecule has 1 N–H and O–H groups in total. The van der Waals surface area contributed by atoms with Crippen LogP contribution >= 0.6 is 0 Å². The summed E-state index contributed by atoms with van der Waals surface area (Å²) < 4.78 is 2.09. The zero-order valence-corrected chi connectivity index (χ0v) is 18.9. The second-order valence-electron chi connectivity index (χ2n) is 8.44. The number of nitrogens with zero attached hydrogens (tertiary/aromatic N) is 2. The maximum Gasteiger partial charge on any atom is 0.335 e. The van der Waals surface area contributed by atoms with Gasteiger partial charge in [0.25, 0.3) is 11.8 Å². The first-order valence-electron chi connectivity index (χ1n) is 11.0. The van der Waals surface area contributed by atoms with Crippen molar-refractivity contribution < 1.29 is 14.4 Å². The molecule has 1 saturated heterocycles. The standard InChI is InChI=1S/C28H23N3O3/c1-18-12-13-22(14-19(18)2)31-27(33)24(26(32)29-28(31)34)15-21-17-30(16-20-8-4-3-5-9-20)25-11-7-6-10-23(21)25/h3-15,17H,16H2,1-2H3,(H,29,32,34)/b24-15+. The number of aromatic nitrogens is 1. The molecule has 168 valence electrons. The minimum atomic E-state index is -0.748. The van der Waals surface area contributed by atoms with Crippen molar-refractivity contribution in [1.29, 1.82) is 0 Å². The number of carbonyl (C=O) groups is 3. The molecule has 34 heavy (non-hydrogen) atoms. The van der Waals surface area contributed by atoms with Gasteiger partial charge in [0.1, 0.15) is 5.57 Å². The van der Waals surface area contributed by atoms with E-state index in [-0.39, 0.29) is 5.57 Å². The number of benzene rings is 3. The second kappa shape index (κ2) is 8.48. The van der Waals surface area contributed by atoms with Crippen molar-refractivity contribution >= 4 is 40.5 Å². The first-order valence-corrected chi connectivity index (χ1v) is 11.0. The van der Waals surface area contributed by atoms with Gasteiger partial charge in [-0.3, -0.25) is 14.9 Å². The smallest absolute Gasteiger partial charge is 0.335 e. The Labute approximate surface area is 197 Å². The van der Waals surface area contributed by atoms with Crippen molar-refractivity contribution in [2.45, 2.75) is 20.4 Å². The lowest BCUT2D eigenvalue weighted by Crippen LogP contribution is -2.54. The van der Waals surface area contributed by atoms with Gasteiger partial charge in [0.2, 0.25) is 0 Å². The van der Waals surface area contributed by atoms with E-state index >= 15 is 0 Å². The molecule has 1 aliphatic rings. The Kier molecular flexibility index (Phi) is 5.34. The van der Waals surface area contributed by atoms with E-state index < -0.39 is 17.8 Å². The molecule has 4 aromatic rings. The first kappa shape index (κ1) is 21.4. The van der Waals surface area contributed by atoms with Crippen LogP contribution in [0.1, 0.15) is 22.3 Å². The van der Waals surface area contributed by atoms with Crippen LogP contribution in [0.3, 0.4) is 0 Å². The molecule has 6 nitrogen and oxygen atoms in total. The average molecular weight is 450 g/mol. The lowest BCUT2D eigenvalue weighted by atomic mass is 10.0. The van der Waals surface area contributed by atoms with Gasteiger partial charge in [-0.1, -0.05) is 54.6 Å². The number of barbiturate groups is 1. The summed E-state index contributed by atoms with van der Waals surface area (Å²) in [5, 5.41) is 3.23. The summed E-state index contributed by atoms with van der Waals surface area (Å²) in [5.74, 6) is -1.34. The molecule has 0 unspecified atom stereocenters. The van der Waals surface area contributed by atoms with Crippen LogP contribution in [0, 0.1) is 13.8 Å². The zero-order valence-electron chi connectivity index (χ0n) is 18.9. The lowest BCUT2D eigenvalue weighted by molar-refractivity contribution is -0.122. The van der Waals surface area contributed by atoms with Gasteiger partial charge < -0.3 is 4.57 Å². The quantitative estimate of drug-likeness (QED) is 0.353. The first-order chi connectivity index (χ1) is 16.4. The van der Waals surface area contributed by atoms with Gasteiger partial charge in [-0.15, -0.1) is 0 Å². The highest BCUT2D eigenvalue weighted by molar-refractivity contribution is 6.39. The number of para-hydroxylation sites is 1. The minimum absolute atomic E-state index is 0.0829. The van der Waals surface area contributed by atoms with Crippen molar-refractivity contribution in [3.8, 4) is 0 Å². The fraction of sp³-hybridized carbons (Fsp3) is 0.107. The highest BCUT2D eigenvalue weighted by atomic mass is 16.2. The summed E-state index contributed by atoms with van der Waals surface area (Å²) in [4.78, 5) is 39.6. The number of fused-ring (bicyclic) bond motifs is 1. The van der Waals surface area contributed by atoms with E-state index in [9.17, 15) is 14.4 Å². The van der Waals surface area contributed by atoms with Gasteiger partial charge in [0.15, 0.2) is 0 Å². The van der Waals surface area contributed by atoms with Gasteiger partial charge in [0.05, 0.1) is 5.69 Å². The number of amides is 4. The topological polar surface area (TPSA) is 71.4 Å². The van der Waals surface area contributed by atoms with Gasteiger partial charge in [0, 0.05) is 29.2 Å². The van der Waals surface area contributed by atoms with Crippen LogP contribution in [0.25, 0.3) is 17.0 Å². The molecule has 0 aliphatic carbocycles. The SMILES string of the molecule is Cc1ccc(N2C(=O)NC(=O)/C(=C\c3cn(Cc4ccccc4)c4ccccc34)C2=O)cc1C. The van der Waals surface area contributed by atoms with Crippen LogP contribution in [0.5, 0.6) is 0 Å². The molecule has 0 saturated carbocycles. The van der Waals surface area contributed by atoms with Gasteiger partial charge in [-0.05, 0) is 54.8 Å². The van der Waals surface area contributed by atoms with Crippen molar-refractivity contribution in [1.82, 2.24) is 9.88 Å². The second-order valence-corrected chi connectivity index (χ2v) is 8.44. The molecule has 0 radical (unpaired) electrons. The number of nitrogens with one attached hydrogen (secondary N) is 1. The summed E-state index contributed by atoms with van der Waals surface area (Å²) >= 11 is 0. The van der Waals surface area contributed by atoms with E-state index in [1.807, 2.05) is 68.6 Å². The molecular formula is C28H23N3O3. The Morgan fingerprint density at radius 3 is 2.35 bits per heavy atom. The van der Waals surface area contributed by atoms with Crippen LogP contribution in [0.4, 0.5) is 10.5 Å². The van der Waals surface area contributed by atoms with E-state index in [0.717, 1.165) is 38.1 Å². The van der Waals surface area contributed by atoms with E-state index in [2.05, 4.69) is 22.0 Å². The maximum absolute atomic E-state index is 13.4. The molecule has 0 atom stereocenters. The summed E-state index contributed by atoms with van der Waals surface area (Å²) in [6, 6.07) is 22.5. The van der Waals surface area contributed by atoms with Crippen molar-refractivity contribution in [2.24, 2.45) is 0 Å². The van der Waals surface area contributed by atoms with Crippen LogP contribution in [-0.4, -0.2) is 22.4 Å². The van der Waals surface area contributed by atoms with Crippen LogP contribution in [-0.2, 0) is 16.1 Å². The predicted molar refractivity (Wildman–Crippen MR) is 132 cm³/mol. The molecule has 6 heteroatoms. The Hall–Kier alpha value is -4.45. The van der Waals surface area contributed by atoms with Crippen molar-refractivity contribution in [3.63, 3.8) is 0 Å². The maximum atomic E-state index is 13.4. The van der Waals surface area contributed by atoms with E-state index in [0.29, 0.717) is 12.2 Å². The predicted octanol–water partition coefficient (Wildman–Crippen LogP) is 4.97. The number of imide groups is 2. The van der Waals surface area contributed by atoms with Gasteiger partial charge in [-0.25, -0.2) is 9.69 Å². The molecule has 2 heterocycles. The number of urea groups is 1. The largest absolute Gasteiger partial charge is 0.342 e. The van der Waals surface area contributed by atoms with Crippen molar-refractivity contribution in [2.75, 3.05) is 4.90 Å². The Bertz CT molecular complexity index is 1480. The normalized spacial score (nSPS) is 15.3. The molecule has 0 spiro atoms. The number of rotatable bonds is 4. The monoisotopic (exact) mass is 449 g/mol. The molecule has 0 bridgehead atoms. The van der Waals surface area contributed by atoms with Crippen LogP contribution in [0.2, 0.25) is 0 Å². The Morgan fingerprint density at radius 2 is 1.59 bits per heavy atom. The Morgan fingerprint density at radius 1 is 0.853 bits per heavy atom. The highest BCUT2D eigenvalue weighted by Crippen LogP contribution is 2.28. The third-order valence-corrected chi connectivity index (χ3v) is 6.17. The number of aryl methyl sites for hydroxylation is 2. The van der Waals surface area contributed by atoms with Gasteiger partial charge >= 0.3 is 6.03 Å². The summed E-state index contributed by atoms with van der Waals surface area (Å²) in [6.07, 6.45) is 3.50. The lowest BCUT2D eigenvalue weighted by Gasteiger charge is -2.26. The van der Waals surface area contributed by atoms with E-state index in [1.54, 1.807) is 18.2 Å². The fourth-order valence-electron chi connectivity index (χ4n) is 4.21. The molecule has 4 amide bonds. The van der Waals surface area contributed by atoms with E-state index in [4.69, 9.17) is 0 Å². The van der Waals surface area contributed by atoms with E-state index in [1.165, 1.54) is 0 Å². The number of hydrogen-bond acceptors (Lipinski definition) is 3. The molecule has 5 rings (SSSR count). The molecule has 1 aromatic heterocycles.